The van der Waals surface area contributed by atoms with Crippen LogP contribution in [0.1, 0.15) is 53.6 Å². The van der Waals surface area contributed by atoms with Gasteiger partial charge in [-0.25, -0.2) is 13.8 Å². The summed E-state index contributed by atoms with van der Waals surface area (Å²) in [5, 5.41) is 2.22. The molecule has 9 nitrogen and oxygen atoms in total. The van der Waals surface area contributed by atoms with Crippen molar-refractivity contribution in [3.8, 4) is 0 Å². The van der Waals surface area contributed by atoms with Crippen molar-refractivity contribution in [3.63, 3.8) is 0 Å². The van der Waals surface area contributed by atoms with E-state index in [9.17, 15) is 23.2 Å². The molecule has 1 heterocycles. The molecule has 1 aliphatic carbocycles. The predicted octanol–water partition coefficient (Wildman–Crippen LogP) is 3.11. The number of benzene rings is 1. The summed E-state index contributed by atoms with van der Waals surface area (Å²) in [5.41, 5.74) is 4.92. The zero-order chi connectivity index (χ0) is 25.0. The zero-order valence-corrected chi connectivity index (χ0v) is 19.5. The second-order valence-corrected chi connectivity index (χ2v) is 8.65. The number of primary amides is 1. The van der Waals surface area contributed by atoms with E-state index in [1.165, 1.54) is 13.4 Å². The molecule has 184 valence electrons. The first-order chi connectivity index (χ1) is 16.1. The van der Waals surface area contributed by atoms with Gasteiger partial charge in [-0.15, -0.1) is 0 Å². The third kappa shape index (κ3) is 5.53. The number of anilines is 1. The smallest absolute Gasteiger partial charge is 0.273 e. The molecule has 0 aliphatic heterocycles. The summed E-state index contributed by atoms with van der Waals surface area (Å²) in [7, 11) is 1.52. The van der Waals surface area contributed by atoms with Crippen molar-refractivity contribution in [1.29, 1.82) is 0 Å². The first-order valence-corrected chi connectivity index (χ1v) is 11.1. The van der Waals surface area contributed by atoms with Crippen molar-refractivity contribution >= 4 is 35.0 Å². The van der Waals surface area contributed by atoms with Crippen LogP contribution in [0.15, 0.2) is 18.5 Å². The Labute approximate surface area is 200 Å². The summed E-state index contributed by atoms with van der Waals surface area (Å²) in [6, 6.07) is 1.00. The number of imidazole rings is 1. The van der Waals surface area contributed by atoms with E-state index in [1.54, 1.807) is 4.90 Å². The van der Waals surface area contributed by atoms with Crippen LogP contribution in [0, 0.1) is 17.6 Å². The standard InChI is InChI=1S/C22H26ClF2N5O4/c1-11(9-34-2)30(22(33)19-18(20(26)31)27-10-28-19)14-5-3-12(4-6-14)21(32)29-17-15(23)7-13(24)8-16(17)25/h7-8,10-12,14H,3-6,9H2,1-2H3,(H2,26,31)(H,27,28)(H,29,32). The van der Waals surface area contributed by atoms with E-state index in [-0.39, 0.29) is 40.8 Å². The molecule has 1 atom stereocenters. The molecule has 3 rings (SSSR count). The summed E-state index contributed by atoms with van der Waals surface area (Å²) in [4.78, 5) is 45.9. The molecule has 1 saturated carbocycles. The molecule has 3 amide bonds. The van der Waals surface area contributed by atoms with Gasteiger partial charge in [0.1, 0.15) is 11.5 Å². The Kier molecular flexibility index (Phi) is 8.21. The molecule has 0 radical (unpaired) electrons. The molecule has 1 fully saturated rings. The third-order valence-electron chi connectivity index (χ3n) is 5.92. The quantitative estimate of drug-likeness (QED) is 0.516. The lowest BCUT2D eigenvalue weighted by molar-refractivity contribution is -0.121. The number of halogens is 3. The highest BCUT2D eigenvalue weighted by atomic mass is 35.5. The normalized spacial score (nSPS) is 18.9. The molecule has 12 heteroatoms. The third-order valence-corrected chi connectivity index (χ3v) is 6.22. The fourth-order valence-electron chi connectivity index (χ4n) is 4.32. The minimum Gasteiger partial charge on any atom is -0.383 e. The maximum absolute atomic E-state index is 14.0. The van der Waals surface area contributed by atoms with E-state index >= 15 is 0 Å². The van der Waals surface area contributed by atoms with Crippen LogP contribution >= 0.6 is 11.6 Å². The van der Waals surface area contributed by atoms with Crippen LogP contribution in [0.2, 0.25) is 5.02 Å². The van der Waals surface area contributed by atoms with Gasteiger partial charge in [0, 0.05) is 25.1 Å². The van der Waals surface area contributed by atoms with E-state index in [1.807, 2.05) is 6.92 Å². The first-order valence-electron chi connectivity index (χ1n) is 10.7. The number of nitrogens with zero attached hydrogens (tertiary/aromatic N) is 2. The minimum absolute atomic E-state index is 0.00301. The number of nitrogens with one attached hydrogen (secondary N) is 2. The van der Waals surface area contributed by atoms with E-state index in [0.29, 0.717) is 31.7 Å². The van der Waals surface area contributed by atoms with Crippen molar-refractivity contribution in [1.82, 2.24) is 14.9 Å². The Balaban J connectivity index is 1.72. The average molecular weight is 498 g/mol. The number of carbonyl (C=O) groups is 3. The lowest BCUT2D eigenvalue weighted by atomic mass is 9.84. The van der Waals surface area contributed by atoms with Crippen LogP contribution in [-0.4, -0.2) is 58.4 Å². The van der Waals surface area contributed by atoms with Gasteiger partial charge in [-0.3, -0.25) is 14.4 Å². The number of ether oxygens (including phenoxy) is 1. The SMILES string of the molecule is COCC(C)N(C(=O)c1[nH]cnc1C(N)=O)C1CCC(C(=O)Nc2c(F)cc(F)cc2Cl)CC1. The second-order valence-electron chi connectivity index (χ2n) is 8.25. The van der Waals surface area contributed by atoms with Crippen molar-refractivity contribution in [2.75, 3.05) is 19.0 Å². The highest BCUT2D eigenvalue weighted by Crippen LogP contribution is 2.32. The Morgan fingerprint density at radius 2 is 1.97 bits per heavy atom. The summed E-state index contributed by atoms with van der Waals surface area (Å²) in [6.07, 6.45) is 3.04. The number of aromatic amines is 1. The number of carbonyl (C=O) groups excluding carboxylic acids is 3. The Morgan fingerprint density at radius 3 is 2.56 bits per heavy atom. The second kappa shape index (κ2) is 10.9. The number of aromatic nitrogens is 2. The zero-order valence-electron chi connectivity index (χ0n) is 18.7. The van der Waals surface area contributed by atoms with Gasteiger partial charge in [0.2, 0.25) is 5.91 Å². The fourth-order valence-corrected chi connectivity index (χ4v) is 4.57. The van der Waals surface area contributed by atoms with Crippen LogP contribution in [0.3, 0.4) is 0 Å². The van der Waals surface area contributed by atoms with Gasteiger partial charge >= 0.3 is 0 Å². The van der Waals surface area contributed by atoms with Crippen molar-refractivity contribution in [2.45, 2.75) is 44.7 Å². The van der Waals surface area contributed by atoms with Crippen molar-refractivity contribution in [3.05, 3.63) is 46.5 Å². The number of hydrogen-bond acceptors (Lipinski definition) is 5. The molecule has 0 spiro atoms. The summed E-state index contributed by atoms with van der Waals surface area (Å²) >= 11 is 5.87. The Bertz CT molecular complexity index is 1050. The van der Waals surface area contributed by atoms with Gasteiger partial charge < -0.3 is 25.7 Å². The maximum atomic E-state index is 14.0. The summed E-state index contributed by atoms with van der Waals surface area (Å²) < 4.78 is 32.5. The molecule has 1 unspecified atom stereocenters. The highest BCUT2D eigenvalue weighted by molar-refractivity contribution is 6.33. The highest BCUT2D eigenvalue weighted by Gasteiger charge is 2.36. The predicted molar refractivity (Wildman–Crippen MR) is 120 cm³/mol. The topological polar surface area (TPSA) is 130 Å². The van der Waals surface area contributed by atoms with Crippen LogP contribution in [0.25, 0.3) is 0 Å². The monoisotopic (exact) mass is 497 g/mol. The average Bonchev–Trinajstić information content (AvgIpc) is 3.27. The number of methoxy groups -OCH3 is 1. The minimum atomic E-state index is -0.956. The van der Waals surface area contributed by atoms with E-state index in [4.69, 9.17) is 22.1 Å². The molecule has 1 aromatic heterocycles. The molecule has 0 bridgehead atoms. The van der Waals surface area contributed by atoms with Gasteiger partial charge in [-0.1, -0.05) is 11.6 Å². The number of amides is 3. The number of nitrogens with two attached hydrogens (primary N) is 1. The lowest BCUT2D eigenvalue weighted by Crippen LogP contribution is -2.50. The van der Waals surface area contributed by atoms with Crippen LogP contribution in [-0.2, 0) is 9.53 Å². The lowest BCUT2D eigenvalue weighted by Gasteiger charge is -2.39. The maximum Gasteiger partial charge on any atom is 0.273 e. The van der Waals surface area contributed by atoms with Crippen LogP contribution in [0.5, 0.6) is 0 Å². The van der Waals surface area contributed by atoms with E-state index in [2.05, 4.69) is 15.3 Å². The number of hydrogen-bond donors (Lipinski definition) is 3. The Morgan fingerprint density at radius 1 is 1.29 bits per heavy atom. The van der Waals surface area contributed by atoms with Crippen molar-refractivity contribution < 1.29 is 27.9 Å². The van der Waals surface area contributed by atoms with Crippen LogP contribution < -0.4 is 11.1 Å². The van der Waals surface area contributed by atoms with Crippen LogP contribution in [0.4, 0.5) is 14.5 Å². The first kappa shape index (κ1) is 25.6. The Hall–Kier alpha value is -3.05. The molecule has 1 aromatic carbocycles. The van der Waals surface area contributed by atoms with Gasteiger partial charge in [0.25, 0.3) is 11.8 Å². The number of H-pyrrole nitrogens is 1. The van der Waals surface area contributed by atoms with E-state index < -0.39 is 35.3 Å². The summed E-state index contributed by atoms with van der Waals surface area (Å²) in [5.74, 6) is -3.94. The molecule has 34 heavy (non-hydrogen) atoms. The summed E-state index contributed by atoms with van der Waals surface area (Å²) in [6.45, 7) is 2.08. The fraction of sp³-hybridized carbons (Fsp3) is 0.455. The molecule has 1 aliphatic rings. The number of rotatable bonds is 8. The van der Waals surface area contributed by atoms with Gasteiger partial charge in [0.05, 0.1) is 29.7 Å². The molecule has 4 N–H and O–H groups in total. The van der Waals surface area contributed by atoms with Gasteiger partial charge in [-0.2, -0.15) is 0 Å². The van der Waals surface area contributed by atoms with Gasteiger partial charge in [-0.05, 0) is 38.7 Å². The van der Waals surface area contributed by atoms with E-state index in [0.717, 1.165) is 6.07 Å². The van der Waals surface area contributed by atoms with Gasteiger partial charge in [0.15, 0.2) is 11.5 Å². The molecular weight excluding hydrogens is 472 g/mol. The molecular formula is C22H26ClF2N5O4. The largest absolute Gasteiger partial charge is 0.383 e. The molecule has 0 saturated heterocycles. The van der Waals surface area contributed by atoms with Crippen molar-refractivity contribution in [2.24, 2.45) is 11.7 Å². The molecule has 2 aromatic rings.